The summed E-state index contributed by atoms with van der Waals surface area (Å²) in [5, 5.41) is 2.97. The van der Waals surface area contributed by atoms with E-state index < -0.39 is 23.7 Å². The van der Waals surface area contributed by atoms with Gasteiger partial charge in [0.05, 0.1) is 32.1 Å². The zero-order valence-electron chi connectivity index (χ0n) is 18.9. The maximum atomic E-state index is 13.2. The van der Waals surface area contributed by atoms with E-state index in [4.69, 9.17) is 9.47 Å². The van der Waals surface area contributed by atoms with Crippen molar-refractivity contribution in [1.82, 2.24) is 10.2 Å². The van der Waals surface area contributed by atoms with Gasteiger partial charge in [0.25, 0.3) is 5.91 Å². The van der Waals surface area contributed by atoms with E-state index in [1.54, 1.807) is 37.1 Å². The summed E-state index contributed by atoms with van der Waals surface area (Å²) < 4.78 is 23.5. The summed E-state index contributed by atoms with van der Waals surface area (Å²) in [6.07, 6.45) is 1.29. The molecule has 33 heavy (non-hydrogen) atoms. The number of rotatable bonds is 8. The number of carbonyl (C=O) groups excluding carboxylic acids is 3. The van der Waals surface area contributed by atoms with Crippen LogP contribution in [0.5, 0.6) is 5.75 Å². The minimum absolute atomic E-state index is 0.0162. The number of nitrogens with zero attached hydrogens (tertiary/aromatic N) is 1. The number of hydrogen-bond acceptors (Lipinski definition) is 5. The Morgan fingerprint density at radius 1 is 1.18 bits per heavy atom. The van der Waals surface area contributed by atoms with Crippen molar-refractivity contribution in [2.24, 2.45) is 5.92 Å². The molecule has 8 heteroatoms. The molecule has 2 aromatic carbocycles. The van der Waals surface area contributed by atoms with Crippen molar-refractivity contribution >= 4 is 17.8 Å². The molecule has 0 bridgehead atoms. The van der Waals surface area contributed by atoms with Crippen molar-refractivity contribution in [1.29, 1.82) is 0 Å². The summed E-state index contributed by atoms with van der Waals surface area (Å²) >= 11 is 0. The van der Waals surface area contributed by atoms with Crippen molar-refractivity contribution < 1.29 is 28.2 Å². The lowest BCUT2D eigenvalue weighted by atomic mass is 9.95. The molecule has 2 unspecified atom stereocenters. The van der Waals surface area contributed by atoms with Gasteiger partial charge in [0.15, 0.2) is 0 Å². The fourth-order valence-electron chi connectivity index (χ4n) is 3.94. The van der Waals surface area contributed by atoms with E-state index in [2.05, 4.69) is 5.32 Å². The van der Waals surface area contributed by atoms with Crippen molar-refractivity contribution in [3.8, 4) is 5.75 Å². The Morgan fingerprint density at radius 2 is 1.94 bits per heavy atom. The number of ether oxygens (including phenoxy) is 2. The average Bonchev–Trinajstić information content (AvgIpc) is 2.84. The highest BCUT2D eigenvalue weighted by Gasteiger charge is 2.31. The van der Waals surface area contributed by atoms with Gasteiger partial charge in [-0.3, -0.25) is 14.4 Å². The molecular weight excluding hydrogens is 427 g/mol. The number of carbonyl (C=O) groups is 3. The van der Waals surface area contributed by atoms with Crippen molar-refractivity contribution in [2.75, 3.05) is 26.8 Å². The summed E-state index contributed by atoms with van der Waals surface area (Å²) in [6, 6.07) is 12.0. The van der Waals surface area contributed by atoms with Crippen LogP contribution in [0, 0.1) is 11.7 Å². The second-order valence-electron chi connectivity index (χ2n) is 7.94. The van der Waals surface area contributed by atoms with Gasteiger partial charge in [0.2, 0.25) is 5.91 Å². The largest absolute Gasteiger partial charge is 0.497 e. The molecule has 1 aliphatic rings. The van der Waals surface area contributed by atoms with Gasteiger partial charge >= 0.3 is 5.97 Å². The molecule has 1 aliphatic heterocycles. The Balaban J connectivity index is 1.71. The molecule has 1 heterocycles. The second-order valence-corrected chi connectivity index (χ2v) is 7.94. The van der Waals surface area contributed by atoms with E-state index in [1.807, 2.05) is 6.07 Å². The lowest BCUT2D eigenvalue weighted by Gasteiger charge is -2.33. The van der Waals surface area contributed by atoms with E-state index in [0.29, 0.717) is 30.7 Å². The van der Waals surface area contributed by atoms with E-state index in [1.165, 1.54) is 24.3 Å². The van der Waals surface area contributed by atoms with E-state index in [0.717, 1.165) is 5.56 Å². The van der Waals surface area contributed by atoms with Gasteiger partial charge in [0.1, 0.15) is 11.6 Å². The molecule has 0 aromatic heterocycles. The summed E-state index contributed by atoms with van der Waals surface area (Å²) in [6.45, 7) is 2.76. The van der Waals surface area contributed by atoms with Gasteiger partial charge in [0, 0.05) is 18.7 Å². The Labute approximate surface area is 192 Å². The highest BCUT2D eigenvalue weighted by Crippen LogP contribution is 2.25. The fraction of sp³-hybridized carbons (Fsp3) is 0.400. The van der Waals surface area contributed by atoms with Gasteiger partial charge in [-0.25, -0.2) is 4.39 Å². The second kappa shape index (κ2) is 11.4. The molecule has 0 radical (unpaired) electrons. The zero-order valence-corrected chi connectivity index (χ0v) is 18.9. The number of hydrogen-bond donors (Lipinski definition) is 1. The predicted molar refractivity (Wildman–Crippen MR) is 120 cm³/mol. The number of benzene rings is 2. The average molecular weight is 457 g/mol. The molecule has 2 atom stereocenters. The van der Waals surface area contributed by atoms with E-state index in [-0.39, 0.29) is 31.4 Å². The van der Waals surface area contributed by atoms with Crippen molar-refractivity contribution in [3.05, 3.63) is 65.5 Å². The fourth-order valence-corrected chi connectivity index (χ4v) is 3.94. The van der Waals surface area contributed by atoms with Crippen LogP contribution in [0.15, 0.2) is 48.5 Å². The van der Waals surface area contributed by atoms with Crippen LogP contribution in [-0.2, 0) is 14.3 Å². The van der Waals surface area contributed by atoms with Crippen LogP contribution in [0.1, 0.15) is 48.1 Å². The molecule has 2 aromatic rings. The van der Waals surface area contributed by atoms with Gasteiger partial charge in [-0.1, -0.05) is 12.1 Å². The number of piperidine rings is 1. The smallest absolute Gasteiger partial charge is 0.308 e. The van der Waals surface area contributed by atoms with Gasteiger partial charge in [-0.05, 0) is 61.7 Å². The van der Waals surface area contributed by atoms with E-state index >= 15 is 0 Å². The molecule has 1 N–H and O–H groups in total. The Bertz CT molecular complexity index is 979. The summed E-state index contributed by atoms with van der Waals surface area (Å²) in [7, 11) is 1.55. The molecule has 176 valence electrons. The number of amides is 2. The Kier molecular flexibility index (Phi) is 8.40. The molecule has 2 amide bonds. The quantitative estimate of drug-likeness (QED) is 0.615. The third kappa shape index (κ3) is 6.54. The Morgan fingerprint density at radius 3 is 2.64 bits per heavy atom. The number of nitrogens with one attached hydrogen (secondary N) is 1. The monoisotopic (exact) mass is 456 g/mol. The van der Waals surface area contributed by atoms with Crippen LogP contribution >= 0.6 is 0 Å². The first-order valence-corrected chi connectivity index (χ1v) is 11.1. The molecule has 1 fully saturated rings. The third-order valence-corrected chi connectivity index (χ3v) is 5.66. The molecule has 1 saturated heterocycles. The summed E-state index contributed by atoms with van der Waals surface area (Å²) in [5.41, 5.74) is 1.11. The molecule has 0 spiro atoms. The van der Waals surface area contributed by atoms with Crippen LogP contribution in [0.4, 0.5) is 4.39 Å². The number of likely N-dealkylation sites (tertiary alicyclic amines) is 1. The standard InChI is InChI=1S/C25H29FN2O5/c1-3-33-23(29)15-22(18-6-4-8-21(14-18)32-2)27-24(30)19-7-5-13-28(16-19)25(31)17-9-11-20(26)12-10-17/h4,6,8-12,14,19,22H,3,5,7,13,15-16H2,1-2H3,(H,27,30). The highest BCUT2D eigenvalue weighted by atomic mass is 19.1. The zero-order chi connectivity index (χ0) is 23.8. The minimum atomic E-state index is -0.588. The normalized spacial score (nSPS) is 16.6. The van der Waals surface area contributed by atoms with Crippen LogP contribution in [0.2, 0.25) is 0 Å². The van der Waals surface area contributed by atoms with Gasteiger partial charge < -0.3 is 19.7 Å². The Hall–Kier alpha value is -3.42. The summed E-state index contributed by atoms with van der Waals surface area (Å²) in [4.78, 5) is 39.7. The minimum Gasteiger partial charge on any atom is -0.497 e. The van der Waals surface area contributed by atoms with Crippen LogP contribution in [0.25, 0.3) is 0 Å². The van der Waals surface area contributed by atoms with Crippen LogP contribution in [0.3, 0.4) is 0 Å². The first kappa shape index (κ1) is 24.2. The van der Waals surface area contributed by atoms with Gasteiger partial charge in [-0.2, -0.15) is 0 Å². The molecule has 7 nitrogen and oxygen atoms in total. The lowest BCUT2D eigenvalue weighted by Crippen LogP contribution is -2.46. The molecular formula is C25H29FN2O5. The van der Waals surface area contributed by atoms with Crippen LogP contribution in [-0.4, -0.2) is 49.5 Å². The first-order valence-electron chi connectivity index (χ1n) is 11.1. The third-order valence-electron chi connectivity index (χ3n) is 5.66. The molecule has 0 aliphatic carbocycles. The van der Waals surface area contributed by atoms with E-state index in [9.17, 15) is 18.8 Å². The highest BCUT2D eigenvalue weighted by molar-refractivity contribution is 5.94. The SMILES string of the molecule is CCOC(=O)CC(NC(=O)C1CCCN(C(=O)c2ccc(F)cc2)C1)c1cccc(OC)c1. The molecule has 3 rings (SSSR count). The van der Waals surface area contributed by atoms with Gasteiger partial charge in [-0.15, -0.1) is 0 Å². The first-order chi connectivity index (χ1) is 15.9. The van der Waals surface area contributed by atoms with Crippen molar-refractivity contribution in [3.63, 3.8) is 0 Å². The lowest BCUT2D eigenvalue weighted by molar-refractivity contribution is -0.144. The maximum Gasteiger partial charge on any atom is 0.308 e. The van der Waals surface area contributed by atoms with Crippen molar-refractivity contribution in [2.45, 2.75) is 32.2 Å². The number of esters is 1. The van der Waals surface area contributed by atoms with Crippen LogP contribution < -0.4 is 10.1 Å². The predicted octanol–water partition coefficient (Wildman–Crippen LogP) is 3.50. The topological polar surface area (TPSA) is 84.9 Å². The molecule has 0 saturated carbocycles. The summed E-state index contributed by atoms with van der Waals surface area (Å²) in [5.74, 6) is -1.09. The number of methoxy groups -OCH3 is 1. The maximum absolute atomic E-state index is 13.2. The number of halogens is 1.